The average molecular weight is 561 g/mol. The number of benzene rings is 3. The zero-order chi connectivity index (χ0) is 22.9. The number of aromatic nitrogens is 1. The van der Waals surface area contributed by atoms with Crippen molar-refractivity contribution in [3.05, 3.63) is 90.9 Å². The predicted octanol–water partition coefficient (Wildman–Crippen LogP) is 7.52. The van der Waals surface area contributed by atoms with Crippen molar-refractivity contribution in [3.63, 3.8) is 0 Å². The summed E-state index contributed by atoms with van der Waals surface area (Å²) in [6, 6.07) is 19.1. The van der Waals surface area contributed by atoms with E-state index < -0.39 is 0 Å². The van der Waals surface area contributed by atoms with Gasteiger partial charge < -0.3 is 9.47 Å². The van der Waals surface area contributed by atoms with Gasteiger partial charge in [0, 0.05) is 26.0 Å². The van der Waals surface area contributed by atoms with Crippen LogP contribution in [0.2, 0.25) is 10.0 Å². The van der Waals surface area contributed by atoms with Gasteiger partial charge in [-0.15, -0.1) is 11.3 Å². The monoisotopic (exact) mass is 559 g/mol. The van der Waals surface area contributed by atoms with Crippen LogP contribution in [0.15, 0.2) is 80.6 Å². The van der Waals surface area contributed by atoms with Crippen LogP contribution >= 0.6 is 50.5 Å². The molecule has 0 bridgehead atoms. The van der Waals surface area contributed by atoms with Gasteiger partial charge in [-0.1, -0.05) is 51.3 Å². The van der Waals surface area contributed by atoms with E-state index in [-0.39, 0.29) is 6.79 Å². The third-order valence-electron chi connectivity index (χ3n) is 4.97. The summed E-state index contributed by atoms with van der Waals surface area (Å²) in [6.07, 6.45) is 0. The van der Waals surface area contributed by atoms with Gasteiger partial charge in [0.05, 0.1) is 22.1 Å². The maximum absolute atomic E-state index is 6.38. The molecule has 0 N–H and O–H groups in total. The lowest BCUT2D eigenvalue weighted by atomic mass is 10.1. The molecule has 9 heteroatoms. The number of hydrogen-bond donors (Lipinski definition) is 0. The van der Waals surface area contributed by atoms with Gasteiger partial charge in [-0.2, -0.15) is 5.10 Å². The maximum atomic E-state index is 6.38. The van der Waals surface area contributed by atoms with Crippen molar-refractivity contribution in [2.24, 2.45) is 10.1 Å². The van der Waals surface area contributed by atoms with Gasteiger partial charge in [-0.3, -0.25) is 0 Å². The van der Waals surface area contributed by atoms with Crippen LogP contribution in [0.1, 0.15) is 12.5 Å². The van der Waals surface area contributed by atoms with Crippen molar-refractivity contribution in [3.8, 4) is 22.8 Å². The van der Waals surface area contributed by atoms with Gasteiger partial charge in [0.25, 0.3) is 0 Å². The van der Waals surface area contributed by atoms with Crippen molar-refractivity contribution in [1.82, 2.24) is 4.68 Å². The lowest BCUT2D eigenvalue weighted by molar-refractivity contribution is 0.174. The molecule has 33 heavy (non-hydrogen) atoms. The Hall–Kier alpha value is -2.58. The third-order valence-corrected chi connectivity index (χ3v) is 6.82. The highest BCUT2D eigenvalue weighted by molar-refractivity contribution is 9.10. The van der Waals surface area contributed by atoms with Gasteiger partial charge in [0.1, 0.15) is 0 Å². The summed E-state index contributed by atoms with van der Waals surface area (Å²) in [5, 5.41) is 8.00. The molecule has 0 atom stereocenters. The molecule has 0 aliphatic carbocycles. The van der Waals surface area contributed by atoms with E-state index >= 15 is 0 Å². The number of rotatable bonds is 4. The van der Waals surface area contributed by atoms with E-state index in [0.29, 0.717) is 26.3 Å². The third kappa shape index (κ3) is 4.73. The predicted molar refractivity (Wildman–Crippen MR) is 137 cm³/mol. The fourth-order valence-electron chi connectivity index (χ4n) is 3.32. The van der Waals surface area contributed by atoms with E-state index in [0.717, 1.165) is 32.8 Å². The first-order chi connectivity index (χ1) is 16.0. The van der Waals surface area contributed by atoms with Gasteiger partial charge in [0.2, 0.25) is 11.6 Å². The van der Waals surface area contributed by atoms with E-state index in [9.17, 15) is 0 Å². The number of thiazole rings is 1. The molecule has 5 rings (SSSR count). The molecule has 0 amide bonds. The van der Waals surface area contributed by atoms with E-state index in [1.165, 1.54) is 11.3 Å². The van der Waals surface area contributed by atoms with Crippen molar-refractivity contribution in [1.29, 1.82) is 0 Å². The van der Waals surface area contributed by atoms with Crippen molar-refractivity contribution >= 4 is 61.9 Å². The Morgan fingerprint density at radius 2 is 1.88 bits per heavy atom. The lowest BCUT2D eigenvalue weighted by Gasteiger charge is -2.08. The number of fused-ring (bicyclic) bond motifs is 1. The Bertz CT molecular complexity index is 1460. The van der Waals surface area contributed by atoms with Crippen molar-refractivity contribution in [2.45, 2.75) is 6.92 Å². The molecule has 0 fully saturated rings. The molecule has 1 aliphatic heterocycles. The van der Waals surface area contributed by atoms with Crippen LogP contribution < -0.4 is 14.3 Å². The molecule has 0 radical (unpaired) electrons. The molecule has 0 saturated heterocycles. The van der Waals surface area contributed by atoms with Crippen molar-refractivity contribution < 1.29 is 9.47 Å². The lowest BCUT2D eigenvalue weighted by Crippen LogP contribution is -2.13. The Morgan fingerprint density at radius 1 is 1.03 bits per heavy atom. The van der Waals surface area contributed by atoms with Crippen LogP contribution in [-0.4, -0.2) is 17.2 Å². The molecule has 2 heterocycles. The largest absolute Gasteiger partial charge is 0.454 e. The van der Waals surface area contributed by atoms with Gasteiger partial charge >= 0.3 is 0 Å². The van der Waals surface area contributed by atoms with Crippen LogP contribution in [0.3, 0.4) is 0 Å². The molecule has 1 aliphatic rings. The molecule has 4 aromatic rings. The molecule has 5 nitrogen and oxygen atoms in total. The first-order valence-electron chi connectivity index (χ1n) is 9.90. The molecular formula is C24H16BrCl2N3O2S. The minimum atomic E-state index is 0.228. The standard InChI is InChI=1S/C24H16BrCl2N3O2S/c1-14(15-5-8-22-23(10-15)32-13-31-22)29-30-21(16-3-2-4-17(25)9-16)12-33-24(30)28-20-7-6-18(26)11-19(20)27/h2-12H,13H2,1H3/b28-24?,29-14-. The number of hydrogen-bond acceptors (Lipinski definition) is 5. The van der Waals surface area contributed by atoms with Crippen LogP contribution in [0.4, 0.5) is 5.69 Å². The highest BCUT2D eigenvalue weighted by Crippen LogP contribution is 2.33. The maximum Gasteiger partial charge on any atom is 0.231 e. The summed E-state index contributed by atoms with van der Waals surface area (Å²) >= 11 is 17.5. The Labute approximate surface area is 212 Å². The van der Waals surface area contributed by atoms with Crippen LogP contribution in [0.5, 0.6) is 11.5 Å². The number of halogens is 3. The first kappa shape index (κ1) is 22.2. The smallest absolute Gasteiger partial charge is 0.231 e. The summed E-state index contributed by atoms with van der Waals surface area (Å²) in [7, 11) is 0. The van der Waals surface area contributed by atoms with Crippen LogP contribution in [-0.2, 0) is 0 Å². The van der Waals surface area contributed by atoms with Crippen LogP contribution in [0, 0.1) is 0 Å². The summed E-state index contributed by atoms with van der Waals surface area (Å²) in [5.74, 6) is 1.44. The highest BCUT2D eigenvalue weighted by Gasteiger charge is 2.15. The minimum Gasteiger partial charge on any atom is -0.454 e. The highest BCUT2D eigenvalue weighted by atomic mass is 79.9. The second kappa shape index (κ2) is 9.35. The molecule has 0 unspecified atom stereocenters. The van der Waals surface area contributed by atoms with Gasteiger partial charge in [0.15, 0.2) is 11.5 Å². The first-order valence-corrected chi connectivity index (χ1v) is 12.3. The number of ether oxygens (including phenoxy) is 2. The molecule has 1 aromatic heterocycles. The quantitative estimate of drug-likeness (QED) is 0.242. The molecule has 0 saturated carbocycles. The Kier molecular flexibility index (Phi) is 6.29. The van der Waals surface area contributed by atoms with Crippen LogP contribution in [0.25, 0.3) is 11.3 Å². The summed E-state index contributed by atoms with van der Waals surface area (Å²) in [4.78, 5) is 5.46. The second-order valence-electron chi connectivity index (χ2n) is 7.19. The summed E-state index contributed by atoms with van der Waals surface area (Å²) < 4.78 is 13.8. The molecule has 166 valence electrons. The molecular weight excluding hydrogens is 545 g/mol. The number of nitrogens with zero attached hydrogens (tertiary/aromatic N) is 3. The molecule has 0 spiro atoms. The zero-order valence-corrected chi connectivity index (χ0v) is 21.2. The fraction of sp³-hybridized carbons (Fsp3) is 0.0833. The Morgan fingerprint density at radius 3 is 2.70 bits per heavy atom. The summed E-state index contributed by atoms with van der Waals surface area (Å²) in [6.45, 7) is 2.18. The van der Waals surface area contributed by atoms with E-state index in [1.54, 1.807) is 18.2 Å². The fourth-order valence-corrected chi connectivity index (χ4v) is 5.02. The van der Waals surface area contributed by atoms with E-state index in [4.69, 9.17) is 42.8 Å². The summed E-state index contributed by atoms with van der Waals surface area (Å²) in [5.41, 5.74) is 4.25. The van der Waals surface area contributed by atoms with E-state index in [2.05, 4.69) is 15.9 Å². The topological polar surface area (TPSA) is 48.1 Å². The average Bonchev–Trinajstić information content (AvgIpc) is 3.42. The second-order valence-corrected chi connectivity index (χ2v) is 9.78. The Balaban J connectivity index is 1.67. The van der Waals surface area contributed by atoms with Crippen molar-refractivity contribution in [2.75, 3.05) is 6.79 Å². The minimum absolute atomic E-state index is 0.228. The SMILES string of the molecule is C/C(=N/n1c(-c2cccc(Br)c2)csc1=Nc1ccc(Cl)cc1Cl)c1ccc2c(c1)OCO2. The van der Waals surface area contributed by atoms with Gasteiger partial charge in [-0.05, 0) is 55.5 Å². The van der Waals surface area contributed by atoms with Gasteiger partial charge in [-0.25, -0.2) is 9.67 Å². The van der Waals surface area contributed by atoms with E-state index in [1.807, 2.05) is 59.4 Å². The zero-order valence-electron chi connectivity index (χ0n) is 17.3. The molecule has 3 aromatic carbocycles. The normalized spacial score (nSPS) is 13.6.